The van der Waals surface area contributed by atoms with Crippen LogP contribution in [0.4, 0.5) is 0 Å². The molecule has 0 aromatic carbocycles. The van der Waals surface area contributed by atoms with E-state index < -0.39 is 8.32 Å². The summed E-state index contributed by atoms with van der Waals surface area (Å²) in [6.45, 7) is 7.26. The third kappa shape index (κ3) is 2.83. The molecular weight excluding hydrogens is 168 g/mol. The number of hydrogen-bond acceptors (Lipinski definition) is 2. The molecule has 0 N–H and O–H groups in total. The van der Waals surface area contributed by atoms with Gasteiger partial charge in [-0.15, -0.1) is 0 Å². The first-order valence-corrected chi connectivity index (χ1v) is 7.42. The van der Waals surface area contributed by atoms with Gasteiger partial charge in [-0.2, -0.15) is 0 Å². The molecule has 0 bridgehead atoms. The molecule has 0 saturated carbocycles. The van der Waals surface area contributed by atoms with E-state index in [1.807, 2.05) is 19.1 Å². The molecule has 1 heterocycles. The van der Waals surface area contributed by atoms with Gasteiger partial charge < -0.3 is 8.84 Å². The zero-order valence-corrected chi connectivity index (χ0v) is 8.96. The average Bonchev–Trinajstić information content (AvgIpc) is 2.38. The number of furan rings is 1. The highest BCUT2D eigenvalue weighted by atomic mass is 28.4. The Morgan fingerprint density at radius 1 is 1.50 bits per heavy atom. The van der Waals surface area contributed by atoms with Crippen molar-refractivity contribution in [3.8, 4) is 0 Å². The van der Waals surface area contributed by atoms with Gasteiger partial charge in [-0.25, -0.2) is 0 Å². The molecule has 0 aliphatic heterocycles. The molecule has 1 rings (SSSR count). The van der Waals surface area contributed by atoms with Crippen molar-refractivity contribution in [3.63, 3.8) is 0 Å². The molecule has 12 heavy (non-hydrogen) atoms. The fourth-order valence-corrected chi connectivity index (χ4v) is 3.20. The largest absolute Gasteiger partial charge is 0.470 e. The van der Waals surface area contributed by atoms with Crippen LogP contribution in [0.15, 0.2) is 22.8 Å². The van der Waals surface area contributed by atoms with Crippen LogP contribution in [0.25, 0.3) is 0 Å². The van der Waals surface area contributed by atoms with Crippen LogP contribution in [-0.2, 0) is 10.5 Å². The summed E-state index contributed by atoms with van der Waals surface area (Å²) in [4.78, 5) is 0. The second-order valence-electron chi connectivity index (χ2n) is 3.45. The van der Waals surface area contributed by atoms with Crippen LogP contribution in [0.1, 0.15) is 12.7 Å². The summed E-state index contributed by atoms with van der Waals surface area (Å²) in [5, 5.41) is 0. The maximum Gasteiger partial charge on any atom is 0.194 e. The number of hydrogen-bond donors (Lipinski definition) is 0. The molecule has 0 unspecified atom stereocenters. The molecule has 0 spiro atoms. The summed E-state index contributed by atoms with van der Waals surface area (Å²) in [7, 11) is -1.50. The normalized spacial score (nSPS) is 11.9. The van der Waals surface area contributed by atoms with E-state index in [0.29, 0.717) is 0 Å². The molecule has 0 amide bonds. The minimum Gasteiger partial charge on any atom is -0.470 e. The Balaban J connectivity index is 2.50. The standard InChI is InChI=1S/C9H16O2Si/c1-4-11-12(2,3)8-9-6-5-7-10-9/h5-7H,4,8H2,1-3H3. The fraction of sp³-hybridized carbons (Fsp3) is 0.556. The van der Waals surface area contributed by atoms with E-state index in [1.54, 1.807) is 6.26 Å². The van der Waals surface area contributed by atoms with E-state index in [0.717, 1.165) is 18.4 Å². The quantitative estimate of drug-likeness (QED) is 0.671. The summed E-state index contributed by atoms with van der Waals surface area (Å²) < 4.78 is 11.0. The zero-order chi connectivity index (χ0) is 9.03. The molecule has 1 aromatic heterocycles. The predicted octanol–water partition coefficient (Wildman–Crippen LogP) is 2.60. The molecule has 0 radical (unpaired) electrons. The molecule has 3 heteroatoms. The van der Waals surface area contributed by atoms with Gasteiger partial charge in [0.1, 0.15) is 5.76 Å². The van der Waals surface area contributed by atoms with Gasteiger partial charge in [-0.05, 0) is 32.2 Å². The summed E-state index contributed by atoms with van der Waals surface area (Å²) in [6, 6.07) is 4.90. The Morgan fingerprint density at radius 3 is 2.75 bits per heavy atom. The van der Waals surface area contributed by atoms with Crippen molar-refractivity contribution in [2.45, 2.75) is 26.1 Å². The van der Waals surface area contributed by atoms with Crippen LogP contribution in [-0.4, -0.2) is 14.9 Å². The first kappa shape index (κ1) is 9.54. The lowest BCUT2D eigenvalue weighted by Crippen LogP contribution is -2.33. The lowest BCUT2D eigenvalue weighted by atomic mass is 10.5. The fourth-order valence-electron chi connectivity index (χ4n) is 1.27. The Bertz CT molecular complexity index is 216. The Hall–Kier alpha value is -0.543. The Labute approximate surface area is 74.7 Å². The van der Waals surface area contributed by atoms with Crippen molar-refractivity contribution in [1.29, 1.82) is 0 Å². The highest BCUT2D eigenvalue weighted by molar-refractivity contribution is 6.70. The van der Waals surface area contributed by atoms with Gasteiger partial charge in [0, 0.05) is 12.7 Å². The molecular formula is C9H16O2Si. The van der Waals surface area contributed by atoms with Crippen molar-refractivity contribution in [3.05, 3.63) is 24.2 Å². The van der Waals surface area contributed by atoms with Crippen molar-refractivity contribution in [2.24, 2.45) is 0 Å². The van der Waals surface area contributed by atoms with E-state index >= 15 is 0 Å². The van der Waals surface area contributed by atoms with Gasteiger partial charge in [0.15, 0.2) is 8.32 Å². The van der Waals surface area contributed by atoms with Crippen LogP contribution in [0.2, 0.25) is 13.1 Å². The van der Waals surface area contributed by atoms with E-state index in [1.165, 1.54) is 0 Å². The summed E-state index contributed by atoms with van der Waals surface area (Å²) >= 11 is 0. The van der Waals surface area contributed by atoms with Gasteiger partial charge >= 0.3 is 0 Å². The van der Waals surface area contributed by atoms with Crippen molar-refractivity contribution < 1.29 is 8.84 Å². The second-order valence-corrected chi connectivity index (χ2v) is 7.61. The summed E-state index contributed by atoms with van der Waals surface area (Å²) in [5.41, 5.74) is 0. The summed E-state index contributed by atoms with van der Waals surface area (Å²) in [5.74, 6) is 1.04. The van der Waals surface area contributed by atoms with Gasteiger partial charge in [-0.1, -0.05) is 0 Å². The van der Waals surface area contributed by atoms with Crippen molar-refractivity contribution in [2.75, 3.05) is 6.61 Å². The van der Waals surface area contributed by atoms with Crippen LogP contribution < -0.4 is 0 Å². The Morgan fingerprint density at radius 2 is 2.25 bits per heavy atom. The highest BCUT2D eigenvalue weighted by Crippen LogP contribution is 2.13. The minimum absolute atomic E-state index is 0.805. The molecule has 2 nitrogen and oxygen atoms in total. The van der Waals surface area contributed by atoms with Gasteiger partial charge in [0.05, 0.1) is 6.26 Å². The lowest BCUT2D eigenvalue weighted by molar-refractivity contribution is 0.325. The SMILES string of the molecule is CCO[Si](C)(C)Cc1ccco1. The third-order valence-corrected chi connectivity index (χ3v) is 3.99. The van der Waals surface area contributed by atoms with Crippen LogP contribution in [0, 0.1) is 0 Å². The van der Waals surface area contributed by atoms with Crippen LogP contribution in [0.5, 0.6) is 0 Å². The van der Waals surface area contributed by atoms with Crippen LogP contribution in [0.3, 0.4) is 0 Å². The minimum atomic E-state index is -1.50. The average molecular weight is 184 g/mol. The topological polar surface area (TPSA) is 22.4 Å². The second kappa shape index (κ2) is 3.91. The van der Waals surface area contributed by atoms with E-state index in [4.69, 9.17) is 8.84 Å². The van der Waals surface area contributed by atoms with Crippen molar-refractivity contribution >= 4 is 8.32 Å². The molecule has 0 saturated heterocycles. The Kier molecular flexibility index (Phi) is 3.11. The first-order valence-electron chi connectivity index (χ1n) is 4.30. The van der Waals surface area contributed by atoms with Gasteiger partial charge in [0.25, 0.3) is 0 Å². The van der Waals surface area contributed by atoms with Crippen LogP contribution >= 0.6 is 0 Å². The summed E-state index contributed by atoms with van der Waals surface area (Å²) in [6.07, 6.45) is 1.71. The molecule has 0 fully saturated rings. The molecule has 0 aliphatic rings. The smallest absolute Gasteiger partial charge is 0.194 e. The lowest BCUT2D eigenvalue weighted by Gasteiger charge is -2.20. The molecule has 0 aliphatic carbocycles. The van der Waals surface area contributed by atoms with E-state index in [2.05, 4.69) is 13.1 Å². The predicted molar refractivity (Wildman–Crippen MR) is 51.5 cm³/mol. The van der Waals surface area contributed by atoms with E-state index in [9.17, 15) is 0 Å². The van der Waals surface area contributed by atoms with E-state index in [-0.39, 0.29) is 0 Å². The first-order chi connectivity index (χ1) is 5.64. The maximum absolute atomic E-state index is 5.68. The van der Waals surface area contributed by atoms with Crippen molar-refractivity contribution in [1.82, 2.24) is 0 Å². The molecule has 68 valence electrons. The van der Waals surface area contributed by atoms with Gasteiger partial charge in [0.2, 0.25) is 0 Å². The number of rotatable bonds is 4. The third-order valence-electron chi connectivity index (χ3n) is 1.72. The molecule has 0 atom stereocenters. The maximum atomic E-state index is 5.68. The highest BCUT2D eigenvalue weighted by Gasteiger charge is 2.23. The zero-order valence-electron chi connectivity index (χ0n) is 7.96. The van der Waals surface area contributed by atoms with Gasteiger partial charge in [-0.3, -0.25) is 0 Å². The molecule has 1 aromatic rings. The monoisotopic (exact) mass is 184 g/mol.